The first-order chi connectivity index (χ1) is 11.1. The van der Waals surface area contributed by atoms with Gasteiger partial charge in [-0.05, 0) is 23.7 Å². The molecule has 0 rings (SSSR count). The molecule has 3 heteroatoms. The van der Waals surface area contributed by atoms with E-state index in [4.69, 9.17) is 9.47 Å². The molecule has 0 aromatic heterocycles. The van der Waals surface area contributed by atoms with Crippen molar-refractivity contribution in [2.45, 2.75) is 87.2 Å². The second kappa shape index (κ2) is 11.5. The first-order valence-corrected chi connectivity index (χ1v) is 9.89. The minimum Gasteiger partial charge on any atom is -0.392 e. The second-order valence-corrected chi connectivity index (χ2v) is 9.29. The molecule has 0 spiro atoms. The lowest BCUT2D eigenvalue weighted by Gasteiger charge is -2.42. The van der Waals surface area contributed by atoms with E-state index in [1.807, 2.05) is 0 Å². The first kappa shape index (κ1) is 23.9. The van der Waals surface area contributed by atoms with Crippen molar-refractivity contribution in [2.24, 2.45) is 22.7 Å². The van der Waals surface area contributed by atoms with Crippen molar-refractivity contribution < 1.29 is 14.6 Å². The van der Waals surface area contributed by atoms with Gasteiger partial charge in [-0.15, -0.1) is 0 Å². The van der Waals surface area contributed by atoms with Crippen LogP contribution in [0.1, 0.15) is 81.1 Å². The van der Waals surface area contributed by atoms with Gasteiger partial charge in [0.15, 0.2) is 0 Å². The van der Waals surface area contributed by atoms with Crippen LogP contribution in [-0.4, -0.2) is 37.6 Å². The summed E-state index contributed by atoms with van der Waals surface area (Å²) in [6, 6.07) is 0. The number of hydrogen-bond acceptors (Lipinski definition) is 3. The summed E-state index contributed by atoms with van der Waals surface area (Å²) < 4.78 is 11.8. The molecular formula is C21H44O3. The molecule has 0 aromatic carbocycles. The van der Waals surface area contributed by atoms with Crippen LogP contribution in [-0.2, 0) is 9.47 Å². The number of rotatable bonds is 12. The van der Waals surface area contributed by atoms with Gasteiger partial charge in [-0.3, -0.25) is 0 Å². The maximum absolute atomic E-state index is 11.2. The minimum atomic E-state index is -0.423. The third-order valence-electron chi connectivity index (χ3n) is 4.93. The van der Waals surface area contributed by atoms with Gasteiger partial charge in [0.05, 0.1) is 19.3 Å². The molecule has 0 amide bonds. The van der Waals surface area contributed by atoms with Crippen LogP contribution in [0, 0.1) is 22.7 Å². The van der Waals surface area contributed by atoms with E-state index in [1.54, 1.807) is 0 Å². The monoisotopic (exact) mass is 344 g/mol. The topological polar surface area (TPSA) is 38.7 Å². The Morgan fingerprint density at radius 3 is 1.29 bits per heavy atom. The van der Waals surface area contributed by atoms with Gasteiger partial charge in [-0.1, -0.05) is 68.2 Å². The summed E-state index contributed by atoms with van der Waals surface area (Å²) in [5.41, 5.74) is -0.00288. The van der Waals surface area contributed by atoms with E-state index >= 15 is 0 Å². The number of aliphatic hydroxyl groups is 1. The molecule has 146 valence electrons. The molecule has 0 aliphatic heterocycles. The molecule has 0 saturated heterocycles. The van der Waals surface area contributed by atoms with Crippen molar-refractivity contribution in [3.8, 4) is 0 Å². The van der Waals surface area contributed by atoms with Gasteiger partial charge in [0.25, 0.3) is 0 Å². The summed E-state index contributed by atoms with van der Waals surface area (Å²) in [7, 11) is 0. The molecule has 0 bridgehead atoms. The largest absolute Gasteiger partial charge is 0.392 e. The van der Waals surface area contributed by atoms with E-state index < -0.39 is 6.10 Å². The van der Waals surface area contributed by atoms with Crippen LogP contribution in [0.25, 0.3) is 0 Å². The van der Waals surface area contributed by atoms with Crippen LogP contribution in [0.4, 0.5) is 0 Å². The number of hydrogen-bond donors (Lipinski definition) is 1. The van der Waals surface area contributed by atoms with E-state index in [0.29, 0.717) is 13.2 Å². The molecule has 0 fully saturated rings. The van der Waals surface area contributed by atoms with E-state index in [0.717, 1.165) is 38.9 Å². The fourth-order valence-electron chi connectivity index (χ4n) is 2.92. The van der Waals surface area contributed by atoms with Crippen molar-refractivity contribution in [2.75, 3.05) is 26.4 Å². The SMILES string of the molecule is CCCCOCC(C(O)C(COCCCC)C(C)(C)C)C(C)(C)C. The van der Waals surface area contributed by atoms with E-state index in [2.05, 4.69) is 55.4 Å². The average molecular weight is 345 g/mol. The van der Waals surface area contributed by atoms with Crippen LogP contribution in [0.15, 0.2) is 0 Å². The quantitative estimate of drug-likeness (QED) is 0.488. The molecule has 24 heavy (non-hydrogen) atoms. The molecule has 2 atom stereocenters. The molecule has 0 heterocycles. The average Bonchev–Trinajstić information content (AvgIpc) is 2.44. The Kier molecular flexibility index (Phi) is 11.4. The highest BCUT2D eigenvalue weighted by molar-refractivity contribution is 4.89. The third kappa shape index (κ3) is 9.39. The summed E-state index contributed by atoms with van der Waals surface area (Å²) in [5, 5.41) is 11.2. The van der Waals surface area contributed by atoms with Gasteiger partial charge in [-0.2, -0.15) is 0 Å². The fraction of sp³-hybridized carbons (Fsp3) is 1.00. The summed E-state index contributed by atoms with van der Waals surface area (Å²) >= 11 is 0. The van der Waals surface area contributed by atoms with Crippen LogP contribution in [0.2, 0.25) is 0 Å². The molecule has 0 radical (unpaired) electrons. The zero-order chi connectivity index (χ0) is 18.8. The Balaban J connectivity index is 4.95. The van der Waals surface area contributed by atoms with Crippen molar-refractivity contribution in [3.63, 3.8) is 0 Å². The molecule has 1 N–H and O–H groups in total. The predicted octanol–water partition coefficient (Wildman–Crippen LogP) is 5.31. The van der Waals surface area contributed by atoms with Crippen molar-refractivity contribution in [1.29, 1.82) is 0 Å². The summed E-state index contributed by atoms with van der Waals surface area (Å²) in [6.07, 6.45) is 4.01. The lowest BCUT2D eigenvalue weighted by molar-refractivity contribution is -0.0941. The summed E-state index contributed by atoms with van der Waals surface area (Å²) in [4.78, 5) is 0. The zero-order valence-electron chi connectivity index (χ0n) is 17.7. The Hall–Kier alpha value is -0.120. The lowest BCUT2D eigenvalue weighted by atomic mass is 9.68. The predicted molar refractivity (Wildman–Crippen MR) is 103 cm³/mol. The van der Waals surface area contributed by atoms with Crippen molar-refractivity contribution >= 4 is 0 Å². The molecular weight excluding hydrogens is 300 g/mol. The Morgan fingerprint density at radius 1 is 0.708 bits per heavy atom. The minimum absolute atomic E-state index is 0.00144. The Morgan fingerprint density at radius 2 is 1.04 bits per heavy atom. The number of aliphatic hydroxyl groups excluding tert-OH is 1. The number of ether oxygens (including phenoxy) is 2. The first-order valence-electron chi connectivity index (χ1n) is 9.89. The smallest absolute Gasteiger partial charge is 0.0650 e. The van der Waals surface area contributed by atoms with Gasteiger partial charge in [0, 0.05) is 25.0 Å². The maximum atomic E-state index is 11.2. The molecule has 2 unspecified atom stereocenters. The fourth-order valence-corrected chi connectivity index (χ4v) is 2.92. The highest BCUT2D eigenvalue weighted by atomic mass is 16.5. The van der Waals surface area contributed by atoms with Gasteiger partial charge >= 0.3 is 0 Å². The Labute approximate surface area is 151 Å². The van der Waals surface area contributed by atoms with Crippen molar-refractivity contribution in [1.82, 2.24) is 0 Å². The highest BCUT2D eigenvalue weighted by Gasteiger charge is 2.40. The summed E-state index contributed by atoms with van der Waals surface area (Å²) in [6.45, 7) is 20.3. The van der Waals surface area contributed by atoms with E-state index in [1.165, 1.54) is 0 Å². The molecule has 0 aliphatic carbocycles. The van der Waals surface area contributed by atoms with Gasteiger partial charge in [-0.25, -0.2) is 0 Å². The van der Waals surface area contributed by atoms with Crippen LogP contribution < -0.4 is 0 Å². The third-order valence-corrected chi connectivity index (χ3v) is 4.93. The second-order valence-electron chi connectivity index (χ2n) is 9.29. The lowest BCUT2D eigenvalue weighted by Crippen LogP contribution is -2.46. The highest BCUT2D eigenvalue weighted by Crippen LogP contribution is 2.38. The standard InChI is InChI=1S/C21H44O3/c1-9-11-13-23-15-17(20(3,4)5)19(22)18(21(6,7)8)16-24-14-12-10-2/h17-19,22H,9-16H2,1-8H3. The van der Waals surface area contributed by atoms with E-state index in [-0.39, 0.29) is 22.7 Å². The summed E-state index contributed by atoms with van der Waals surface area (Å²) in [5.74, 6) is 0.210. The normalized spacial score (nSPS) is 16.9. The number of unbranched alkanes of at least 4 members (excludes halogenated alkanes) is 2. The zero-order valence-corrected chi connectivity index (χ0v) is 17.7. The van der Waals surface area contributed by atoms with Gasteiger partial charge in [0.2, 0.25) is 0 Å². The maximum Gasteiger partial charge on any atom is 0.0650 e. The molecule has 3 nitrogen and oxygen atoms in total. The van der Waals surface area contributed by atoms with Crippen LogP contribution >= 0.6 is 0 Å². The van der Waals surface area contributed by atoms with Crippen LogP contribution in [0.3, 0.4) is 0 Å². The van der Waals surface area contributed by atoms with Gasteiger partial charge in [0.1, 0.15) is 0 Å². The van der Waals surface area contributed by atoms with Gasteiger partial charge < -0.3 is 14.6 Å². The Bertz CT molecular complexity index is 271. The molecule has 0 aromatic rings. The van der Waals surface area contributed by atoms with E-state index in [9.17, 15) is 5.11 Å². The van der Waals surface area contributed by atoms with Crippen LogP contribution in [0.5, 0.6) is 0 Å². The molecule has 0 aliphatic rings. The van der Waals surface area contributed by atoms with Crippen molar-refractivity contribution in [3.05, 3.63) is 0 Å². The molecule has 0 saturated carbocycles.